The summed E-state index contributed by atoms with van der Waals surface area (Å²) in [5.74, 6) is 0. The quantitative estimate of drug-likeness (QED) is 0.470. The van der Waals surface area contributed by atoms with Crippen LogP contribution < -0.4 is 0 Å². The highest BCUT2D eigenvalue weighted by atomic mass is 79.9. The Morgan fingerprint density at radius 2 is 1.69 bits per heavy atom. The fraction of sp³-hybridized carbons (Fsp3) is 0.278. The van der Waals surface area contributed by atoms with Gasteiger partial charge in [-0.1, -0.05) is 68.6 Å². The lowest BCUT2D eigenvalue weighted by molar-refractivity contribution is -0.275. The number of rotatable bonds is 4. The minimum absolute atomic E-state index is 0.104. The van der Waals surface area contributed by atoms with Crippen molar-refractivity contribution in [2.45, 2.75) is 24.6 Å². The van der Waals surface area contributed by atoms with Gasteiger partial charge in [-0.2, -0.15) is 13.2 Å². The minimum Gasteiger partial charge on any atom is -0.374 e. The van der Waals surface area contributed by atoms with Gasteiger partial charge in [0.15, 0.2) is 0 Å². The number of benzene rings is 2. The van der Waals surface area contributed by atoms with Crippen LogP contribution in [0.4, 0.5) is 13.2 Å². The molecule has 1 atom stereocenters. The maximum Gasteiger partial charge on any atom is 0.435 e. The summed E-state index contributed by atoms with van der Waals surface area (Å²) < 4.78 is 41.8. The molecular weight excluding hydrogens is 454 g/mol. The highest BCUT2D eigenvalue weighted by Gasteiger charge is 2.62. The lowest BCUT2D eigenvalue weighted by Crippen LogP contribution is -2.42. The molecule has 0 aromatic heterocycles. The first-order chi connectivity index (χ1) is 12.2. The molecule has 1 aliphatic heterocycles. The first kappa shape index (κ1) is 19.5. The Labute approximate surface area is 167 Å². The van der Waals surface area contributed by atoms with Crippen molar-refractivity contribution < 1.29 is 18.0 Å². The summed E-state index contributed by atoms with van der Waals surface area (Å²) in [4.78, 5) is 4.98. The van der Waals surface area contributed by atoms with E-state index in [-0.39, 0.29) is 21.3 Å². The van der Waals surface area contributed by atoms with Gasteiger partial charge in [-0.05, 0) is 35.7 Å². The van der Waals surface area contributed by atoms with Gasteiger partial charge in [-0.25, -0.2) is 0 Å². The summed E-state index contributed by atoms with van der Waals surface area (Å²) in [7, 11) is 0. The van der Waals surface area contributed by atoms with Crippen LogP contribution in [-0.2, 0) is 16.9 Å². The van der Waals surface area contributed by atoms with E-state index in [4.69, 9.17) is 28.0 Å². The molecule has 8 heteroatoms. The Kier molecular flexibility index (Phi) is 5.56. The van der Waals surface area contributed by atoms with Gasteiger partial charge in [0.2, 0.25) is 0 Å². The molecule has 0 saturated carbocycles. The number of nitrogens with zero attached hydrogens (tertiary/aromatic N) is 1. The van der Waals surface area contributed by atoms with Crippen molar-refractivity contribution in [2.75, 3.05) is 5.33 Å². The molecule has 0 spiro atoms. The van der Waals surface area contributed by atoms with Crippen molar-refractivity contribution >= 4 is 44.8 Å². The Bertz CT molecular complexity index is 819. The number of alkyl halides is 4. The molecule has 1 unspecified atom stereocenters. The average molecular weight is 467 g/mol. The summed E-state index contributed by atoms with van der Waals surface area (Å²) in [6, 6.07) is 11.0. The predicted octanol–water partition coefficient (Wildman–Crippen LogP) is 6.51. The van der Waals surface area contributed by atoms with Gasteiger partial charge in [0.05, 0.1) is 5.71 Å². The number of aryl methyl sites for hydroxylation is 1. The molecule has 1 heterocycles. The van der Waals surface area contributed by atoms with E-state index >= 15 is 0 Å². The second-order valence-electron chi connectivity index (χ2n) is 5.92. The van der Waals surface area contributed by atoms with Crippen molar-refractivity contribution in [2.24, 2.45) is 5.16 Å². The van der Waals surface area contributed by atoms with Gasteiger partial charge in [0, 0.05) is 27.4 Å². The van der Waals surface area contributed by atoms with Gasteiger partial charge in [-0.3, -0.25) is 0 Å². The van der Waals surface area contributed by atoms with Crippen molar-refractivity contribution in [3.63, 3.8) is 0 Å². The lowest BCUT2D eigenvalue weighted by atomic mass is 9.86. The normalized spacial score (nSPS) is 20.0. The van der Waals surface area contributed by atoms with Crippen LogP contribution in [-0.4, -0.2) is 17.2 Å². The molecule has 0 bridgehead atoms. The molecule has 138 valence electrons. The van der Waals surface area contributed by atoms with Gasteiger partial charge in [-0.15, -0.1) is 0 Å². The number of halogens is 6. The molecule has 0 fully saturated rings. The van der Waals surface area contributed by atoms with E-state index in [1.807, 2.05) is 12.1 Å². The van der Waals surface area contributed by atoms with E-state index in [9.17, 15) is 13.2 Å². The second kappa shape index (κ2) is 7.41. The van der Waals surface area contributed by atoms with Gasteiger partial charge in [0.25, 0.3) is 5.60 Å². The standard InChI is InChI=1S/C18H13BrCl2F3NO/c19-6-5-11-1-3-12(4-2-11)16-10-17(26-25-16,18(22,23)24)13-7-14(20)9-15(21)8-13/h1-4,7-9H,5-6,10H2. The van der Waals surface area contributed by atoms with E-state index in [0.29, 0.717) is 5.56 Å². The van der Waals surface area contributed by atoms with E-state index in [1.54, 1.807) is 12.1 Å². The van der Waals surface area contributed by atoms with E-state index in [2.05, 4.69) is 21.1 Å². The lowest BCUT2D eigenvalue weighted by Gasteiger charge is -2.29. The fourth-order valence-electron chi connectivity index (χ4n) is 2.82. The topological polar surface area (TPSA) is 21.6 Å². The molecule has 1 aliphatic rings. The average Bonchev–Trinajstić information content (AvgIpc) is 3.01. The summed E-state index contributed by atoms with van der Waals surface area (Å²) in [6.45, 7) is 0. The van der Waals surface area contributed by atoms with E-state index < -0.39 is 18.2 Å². The van der Waals surface area contributed by atoms with Crippen LogP contribution in [0.5, 0.6) is 0 Å². The number of hydrogen-bond acceptors (Lipinski definition) is 2. The summed E-state index contributed by atoms with van der Waals surface area (Å²) in [5, 5.41) is 4.76. The van der Waals surface area contributed by atoms with Crippen LogP contribution in [0, 0.1) is 0 Å². The van der Waals surface area contributed by atoms with Crippen LogP contribution in [0.25, 0.3) is 0 Å². The zero-order valence-electron chi connectivity index (χ0n) is 13.3. The van der Waals surface area contributed by atoms with Crippen LogP contribution in [0.2, 0.25) is 10.0 Å². The Hall–Kier alpha value is -1.24. The number of oxime groups is 1. The maximum atomic E-state index is 13.9. The minimum atomic E-state index is -4.69. The summed E-state index contributed by atoms with van der Waals surface area (Å²) in [6.07, 6.45) is -4.32. The van der Waals surface area contributed by atoms with Crippen LogP contribution in [0.1, 0.15) is 23.1 Å². The molecular formula is C18H13BrCl2F3NO. The van der Waals surface area contributed by atoms with Crippen molar-refractivity contribution in [1.29, 1.82) is 0 Å². The van der Waals surface area contributed by atoms with Crippen molar-refractivity contribution in [3.8, 4) is 0 Å². The molecule has 3 rings (SSSR count). The second-order valence-corrected chi connectivity index (χ2v) is 7.59. The van der Waals surface area contributed by atoms with Crippen LogP contribution in [0.15, 0.2) is 47.6 Å². The van der Waals surface area contributed by atoms with Crippen LogP contribution >= 0.6 is 39.1 Å². The van der Waals surface area contributed by atoms with Crippen LogP contribution in [0.3, 0.4) is 0 Å². The highest BCUT2D eigenvalue weighted by molar-refractivity contribution is 9.09. The molecule has 0 aliphatic carbocycles. The Morgan fingerprint density at radius 3 is 2.23 bits per heavy atom. The largest absolute Gasteiger partial charge is 0.435 e. The first-order valence-electron chi connectivity index (χ1n) is 7.69. The third kappa shape index (κ3) is 3.73. The molecule has 0 radical (unpaired) electrons. The SMILES string of the molecule is FC(F)(F)C1(c2cc(Cl)cc(Cl)c2)CC(c2ccc(CCBr)cc2)=NO1. The number of hydrogen-bond donors (Lipinski definition) is 0. The molecule has 2 aromatic rings. The zero-order valence-corrected chi connectivity index (χ0v) is 16.4. The molecule has 2 aromatic carbocycles. The van der Waals surface area contributed by atoms with E-state index in [1.165, 1.54) is 18.2 Å². The zero-order chi connectivity index (χ0) is 18.9. The van der Waals surface area contributed by atoms with E-state index in [0.717, 1.165) is 17.3 Å². The molecule has 0 N–H and O–H groups in total. The summed E-state index contributed by atoms with van der Waals surface area (Å²) >= 11 is 15.1. The Balaban J connectivity index is 1.95. The molecule has 0 amide bonds. The molecule has 26 heavy (non-hydrogen) atoms. The third-order valence-electron chi connectivity index (χ3n) is 4.19. The van der Waals surface area contributed by atoms with Gasteiger partial charge < -0.3 is 4.84 Å². The highest BCUT2D eigenvalue weighted by Crippen LogP contribution is 2.49. The first-order valence-corrected chi connectivity index (χ1v) is 9.56. The monoisotopic (exact) mass is 465 g/mol. The summed E-state index contributed by atoms with van der Waals surface area (Å²) in [5.41, 5.74) is -0.886. The van der Waals surface area contributed by atoms with Crippen molar-refractivity contribution in [1.82, 2.24) is 0 Å². The predicted molar refractivity (Wildman–Crippen MR) is 100 cm³/mol. The Morgan fingerprint density at radius 1 is 1.08 bits per heavy atom. The third-order valence-corrected chi connectivity index (χ3v) is 5.02. The van der Waals surface area contributed by atoms with Gasteiger partial charge >= 0.3 is 6.18 Å². The smallest absolute Gasteiger partial charge is 0.374 e. The molecule has 0 saturated heterocycles. The van der Waals surface area contributed by atoms with Gasteiger partial charge in [0.1, 0.15) is 0 Å². The maximum absolute atomic E-state index is 13.9. The molecule has 2 nitrogen and oxygen atoms in total. The fourth-order valence-corrected chi connectivity index (χ4v) is 3.80. The van der Waals surface area contributed by atoms with Crippen molar-refractivity contribution in [3.05, 3.63) is 69.2 Å².